The van der Waals surface area contributed by atoms with Crippen LogP contribution in [0.25, 0.3) is 0 Å². The molecule has 2 aliphatic rings. The smallest absolute Gasteiger partial charge is 0.146 e. The number of pyridine rings is 1. The molecule has 0 unspecified atom stereocenters. The van der Waals surface area contributed by atoms with Crippen LogP contribution in [-0.2, 0) is 6.42 Å². The van der Waals surface area contributed by atoms with E-state index in [-0.39, 0.29) is 17.9 Å². The van der Waals surface area contributed by atoms with E-state index in [2.05, 4.69) is 22.0 Å². The molecule has 1 fully saturated rings. The first-order chi connectivity index (χ1) is 12.1. The lowest BCUT2D eigenvalue weighted by Crippen LogP contribution is -2.38. The van der Waals surface area contributed by atoms with E-state index in [1.807, 2.05) is 37.3 Å². The van der Waals surface area contributed by atoms with Crippen molar-refractivity contribution in [3.63, 3.8) is 0 Å². The largest absolute Gasteiger partial charge is 0.493 e. The van der Waals surface area contributed by atoms with E-state index in [9.17, 15) is 10.4 Å². The molecule has 1 saturated heterocycles. The number of aliphatic hydroxyl groups is 1. The monoisotopic (exact) mass is 335 g/mol. The summed E-state index contributed by atoms with van der Waals surface area (Å²) in [6.07, 6.45) is 0.772. The van der Waals surface area contributed by atoms with Gasteiger partial charge in [-0.3, -0.25) is 0 Å². The van der Waals surface area contributed by atoms with Crippen LogP contribution in [0, 0.1) is 29.6 Å². The van der Waals surface area contributed by atoms with Crippen molar-refractivity contribution in [2.24, 2.45) is 11.3 Å². The number of aryl methyl sites for hydroxylation is 1. The summed E-state index contributed by atoms with van der Waals surface area (Å²) in [5, 5.41) is 19.7. The molecule has 5 heteroatoms. The molecule has 0 radical (unpaired) electrons. The molecule has 2 aliphatic heterocycles. The predicted molar refractivity (Wildman–Crippen MR) is 94.6 cm³/mol. The minimum atomic E-state index is -0.273. The number of nitrogens with zero attached hydrogens (tertiary/aromatic N) is 3. The van der Waals surface area contributed by atoms with Gasteiger partial charge in [-0.25, -0.2) is 4.98 Å². The Morgan fingerprint density at radius 3 is 3.00 bits per heavy atom. The highest BCUT2D eigenvalue weighted by atomic mass is 16.5. The number of hydrogen-bond acceptors (Lipinski definition) is 5. The van der Waals surface area contributed by atoms with Gasteiger partial charge in [0.1, 0.15) is 17.6 Å². The van der Waals surface area contributed by atoms with E-state index in [0.29, 0.717) is 18.7 Å². The number of aliphatic hydroxyl groups excluding tert-OH is 1. The van der Waals surface area contributed by atoms with Crippen LogP contribution in [0.2, 0.25) is 0 Å². The quantitative estimate of drug-likeness (QED) is 0.912. The minimum absolute atomic E-state index is 0.0968. The number of aromatic nitrogens is 1. The van der Waals surface area contributed by atoms with Gasteiger partial charge in [0.2, 0.25) is 0 Å². The van der Waals surface area contributed by atoms with Crippen molar-refractivity contribution < 1.29 is 9.84 Å². The molecule has 128 valence electrons. The summed E-state index contributed by atoms with van der Waals surface area (Å²) in [6, 6.07) is 14.0. The number of para-hydroxylation sites is 1. The molecule has 3 heterocycles. The third-order valence-electron chi connectivity index (χ3n) is 5.52. The second-order valence-electron chi connectivity index (χ2n) is 7.13. The lowest BCUT2D eigenvalue weighted by molar-refractivity contribution is 0.0816. The molecule has 1 aromatic heterocycles. The Morgan fingerprint density at radius 2 is 2.20 bits per heavy atom. The summed E-state index contributed by atoms with van der Waals surface area (Å²) in [4.78, 5) is 6.74. The van der Waals surface area contributed by atoms with Crippen molar-refractivity contribution in [3.8, 4) is 11.8 Å². The van der Waals surface area contributed by atoms with E-state index in [1.54, 1.807) is 0 Å². The maximum atomic E-state index is 10.3. The summed E-state index contributed by atoms with van der Waals surface area (Å²) in [5.41, 5.74) is 2.33. The van der Waals surface area contributed by atoms with Crippen LogP contribution in [0.15, 0.2) is 36.4 Å². The lowest BCUT2D eigenvalue weighted by Gasteiger charge is -2.30. The normalized spacial score (nSPS) is 24.7. The zero-order valence-corrected chi connectivity index (χ0v) is 14.3. The first-order valence-corrected chi connectivity index (χ1v) is 8.59. The summed E-state index contributed by atoms with van der Waals surface area (Å²) in [7, 11) is 0. The summed E-state index contributed by atoms with van der Waals surface area (Å²) in [6.45, 7) is 4.01. The van der Waals surface area contributed by atoms with E-state index in [0.717, 1.165) is 35.8 Å². The first kappa shape index (κ1) is 15.9. The maximum Gasteiger partial charge on any atom is 0.146 e. The molecule has 2 atom stereocenters. The van der Waals surface area contributed by atoms with Crippen molar-refractivity contribution in [3.05, 3.63) is 53.2 Å². The molecule has 1 aromatic carbocycles. The Balaban J connectivity index is 1.70. The van der Waals surface area contributed by atoms with Crippen LogP contribution < -0.4 is 9.64 Å². The van der Waals surface area contributed by atoms with Gasteiger partial charge in [-0.2, -0.15) is 5.26 Å². The fourth-order valence-electron chi connectivity index (χ4n) is 4.09. The Hall–Kier alpha value is -2.58. The van der Waals surface area contributed by atoms with Crippen LogP contribution >= 0.6 is 0 Å². The third kappa shape index (κ3) is 2.63. The molecule has 0 aliphatic carbocycles. The summed E-state index contributed by atoms with van der Waals surface area (Å²) >= 11 is 0. The fourth-order valence-corrected chi connectivity index (χ4v) is 4.09. The average Bonchev–Trinajstić information content (AvgIpc) is 2.92. The van der Waals surface area contributed by atoms with Gasteiger partial charge >= 0.3 is 0 Å². The number of fused-ring (bicyclic) bond motifs is 2. The first-order valence-electron chi connectivity index (χ1n) is 8.59. The molecule has 25 heavy (non-hydrogen) atoms. The van der Waals surface area contributed by atoms with Crippen molar-refractivity contribution in [2.45, 2.75) is 13.3 Å². The Labute approximate surface area is 147 Å². The van der Waals surface area contributed by atoms with Gasteiger partial charge in [-0.1, -0.05) is 18.2 Å². The van der Waals surface area contributed by atoms with Gasteiger partial charge in [0.25, 0.3) is 0 Å². The van der Waals surface area contributed by atoms with Crippen LogP contribution in [0.1, 0.15) is 16.8 Å². The molecule has 0 amide bonds. The molecular formula is C20H21N3O2. The SMILES string of the molecule is Cc1ccc(C#N)c(N2C[C@H]3COc4ccccc4C[C@@]3(CO)C2)n1. The Morgan fingerprint density at radius 1 is 1.36 bits per heavy atom. The zero-order chi connectivity index (χ0) is 17.4. The van der Waals surface area contributed by atoms with Gasteiger partial charge in [-0.05, 0) is 37.1 Å². The maximum absolute atomic E-state index is 10.3. The van der Waals surface area contributed by atoms with Crippen LogP contribution in [0.5, 0.6) is 5.75 Å². The highest BCUT2D eigenvalue weighted by molar-refractivity contribution is 5.56. The summed E-state index contributed by atoms with van der Waals surface area (Å²) in [5.74, 6) is 1.83. The minimum Gasteiger partial charge on any atom is -0.493 e. The fraction of sp³-hybridized carbons (Fsp3) is 0.400. The molecule has 0 spiro atoms. The number of hydrogen-bond donors (Lipinski definition) is 1. The van der Waals surface area contributed by atoms with E-state index in [4.69, 9.17) is 4.74 Å². The number of rotatable bonds is 2. The van der Waals surface area contributed by atoms with E-state index < -0.39 is 0 Å². The van der Waals surface area contributed by atoms with Gasteiger partial charge in [0.05, 0.1) is 18.8 Å². The number of benzene rings is 1. The van der Waals surface area contributed by atoms with E-state index >= 15 is 0 Å². The van der Waals surface area contributed by atoms with Gasteiger partial charge < -0.3 is 14.7 Å². The van der Waals surface area contributed by atoms with Crippen molar-refractivity contribution >= 4 is 5.82 Å². The molecule has 5 nitrogen and oxygen atoms in total. The number of nitriles is 1. The van der Waals surface area contributed by atoms with Crippen LogP contribution in [-0.4, -0.2) is 36.4 Å². The lowest BCUT2D eigenvalue weighted by atomic mass is 9.75. The van der Waals surface area contributed by atoms with Crippen molar-refractivity contribution in [1.29, 1.82) is 5.26 Å². The predicted octanol–water partition coefficient (Wildman–Crippen LogP) is 2.31. The average molecular weight is 335 g/mol. The molecule has 2 aromatic rings. The standard InChI is InChI=1S/C20H21N3O2/c1-14-6-7-16(9-21)19(22-14)23-10-17-11-25-18-5-3-2-4-15(18)8-20(17,12-23)13-24/h2-7,17,24H,8,10-13H2,1H3/t17-,20-/m0/s1. The second-order valence-corrected chi connectivity index (χ2v) is 7.13. The van der Waals surface area contributed by atoms with Crippen LogP contribution in [0.4, 0.5) is 5.82 Å². The molecule has 4 rings (SSSR count). The highest BCUT2D eigenvalue weighted by Crippen LogP contribution is 2.44. The Bertz CT molecular complexity index is 845. The molecule has 0 saturated carbocycles. The molecule has 0 bridgehead atoms. The van der Waals surface area contributed by atoms with E-state index in [1.165, 1.54) is 0 Å². The third-order valence-corrected chi connectivity index (χ3v) is 5.52. The Kier molecular flexibility index (Phi) is 3.85. The summed E-state index contributed by atoms with van der Waals surface area (Å²) < 4.78 is 6.03. The van der Waals surface area contributed by atoms with Gasteiger partial charge in [0, 0.05) is 30.1 Å². The highest BCUT2D eigenvalue weighted by Gasteiger charge is 2.49. The second kappa shape index (κ2) is 6.05. The zero-order valence-electron chi connectivity index (χ0n) is 14.3. The number of anilines is 1. The topological polar surface area (TPSA) is 69.4 Å². The van der Waals surface area contributed by atoms with Crippen molar-refractivity contribution in [1.82, 2.24) is 4.98 Å². The number of ether oxygens (including phenoxy) is 1. The van der Waals surface area contributed by atoms with Gasteiger partial charge in [0.15, 0.2) is 0 Å². The molecular weight excluding hydrogens is 314 g/mol. The van der Waals surface area contributed by atoms with Crippen LogP contribution in [0.3, 0.4) is 0 Å². The molecule has 1 N–H and O–H groups in total. The van der Waals surface area contributed by atoms with Gasteiger partial charge in [-0.15, -0.1) is 0 Å². The van der Waals surface area contributed by atoms with Crippen molar-refractivity contribution in [2.75, 3.05) is 31.2 Å².